The molecule has 172 valence electrons. The van der Waals surface area contributed by atoms with Crippen molar-refractivity contribution in [2.24, 2.45) is 0 Å². The molecular formula is C21H24N2O8S. The van der Waals surface area contributed by atoms with Crippen LogP contribution in [0.5, 0.6) is 0 Å². The lowest BCUT2D eigenvalue weighted by molar-refractivity contribution is -0.143. The first-order valence-electron chi connectivity index (χ1n) is 9.56. The van der Waals surface area contributed by atoms with E-state index in [0.29, 0.717) is 11.1 Å². The first-order valence-corrected chi connectivity index (χ1v) is 11.0. The number of nitrogens with one attached hydrogen (secondary N) is 1. The van der Waals surface area contributed by atoms with Crippen molar-refractivity contribution in [2.45, 2.75) is 20.1 Å². The van der Waals surface area contributed by atoms with Crippen LogP contribution in [0.1, 0.15) is 28.4 Å². The quantitative estimate of drug-likeness (QED) is 0.418. The van der Waals surface area contributed by atoms with Crippen LogP contribution in [0.25, 0.3) is 0 Å². The highest BCUT2D eigenvalue weighted by Crippen LogP contribution is 2.12. The summed E-state index contributed by atoms with van der Waals surface area (Å²) >= 11 is 0. The number of nitrogens with zero attached hydrogens (tertiary/aromatic N) is 1. The highest BCUT2D eigenvalue weighted by Gasteiger charge is 2.28. The molecule has 0 radical (unpaired) electrons. The van der Waals surface area contributed by atoms with E-state index in [0.717, 1.165) is 4.31 Å². The Morgan fingerprint density at radius 2 is 1.59 bits per heavy atom. The second-order valence-corrected chi connectivity index (χ2v) is 8.10. The average Bonchev–Trinajstić information content (AvgIpc) is 2.78. The molecule has 11 heteroatoms. The van der Waals surface area contributed by atoms with Gasteiger partial charge in [0.1, 0.15) is 13.2 Å². The monoisotopic (exact) mass is 464 g/mol. The molecule has 0 saturated heterocycles. The van der Waals surface area contributed by atoms with Gasteiger partial charge in [-0.25, -0.2) is 14.3 Å². The molecule has 0 aromatic heterocycles. The van der Waals surface area contributed by atoms with Crippen molar-refractivity contribution >= 4 is 28.2 Å². The Balaban J connectivity index is 2.11. The molecule has 32 heavy (non-hydrogen) atoms. The molecule has 0 aliphatic carbocycles. The predicted molar refractivity (Wildman–Crippen MR) is 114 cm³/mol. The molecule has 0 heterocycles. The summed E-state index contributed by atoms with van der Waals surface area (Å²) in [5, 5.41) is 0. The summed E-state index contributed by atoms with van der Waals surface area (Å²) in [4.78, 5) is 35.5. The molecule has 0 unspecified atom stereocenters. The third-order valence-electron chi connectivity index (χ3n) is 4.11. The first-order chi connectivity index (χ1) is 15.2. The lowest BCUT2D eigenvalue weighted by Gasteiger charge is -2.21. The number of methoxy groups -OCH3 is 1. The molecule has 0 bridgehead atoms. The number of rotatable bonds is 10. The summed E-state index contributed by atoms with van der Waals surface area (Å²) in [6, 6.07) is 14.6. The fraction of sp³-hybridized carbons (Fsp3) is 0.286. The van der Waals surface area contributed by atoms with E-state index in [-0.39, 0.29) is 25.3 Å². The fourth-order valence-corrected chi connectivity index (χ4v) is 3.56. The number of carbonyl (C=O) groups is 3. The average molecular weight is 464 g/mol. The first kappa shape index (κ1) is 24.8. The summed E-state index contributed by atoms with van der Waals surface area (Å²) in [5.74, 6) is -1.34. The van der Waals surface area contributed by atoms with Crippen molar-refractivity contribution in [2.75, 3.05) is 20.3 Å². The third kappa shape index (κ3) is 7.67. The molecule has 10 nitrogen and oxygen atoms in total. The maximum atomic E-state index is 12.8. The van der Waals surface area contributed by atoms with Crippen molar-refractivity contribution < 1.29 is 37.0 Å². The van der Waals surface area contributed by atoms with E-state index in [9.17, 15) is 22.8 Å². The predicted octanol–water partition coefficient (Wildman–Crippen LogP) is 2.01. The van der Waals surface area contributed by atoms with Gasteiger partial charge in [0.2, 0.25) is 0 Å². The minimum absolute atomic E-state index is 0.0626. The summed E-state index contributed by atoms with van der Waals surface area (Å²) < 4.78 is 42.4. The van der Waals surface area contributed by atoms with Gasteiger partial charge in [-0.15, -0.1) is 0 Å². The van der Waals surface area contributed by atoms with Crippen molar-refractivity contribution in [3.8, 4) is 0 Å². The third-order valence-corrected chi connectivity index (χ3v) is 5.47. The molecule has 1 N–H and O–H groups in total. The molecule has 0 aliphatic rings. The largest absolute Gasteiger partial charge is 0.465 e. The molecule has 0 atom stereocenters. The molecule has 2 rings (SSSR count). The summed E-state index contributed by atoms with van der Waals surface area (Å²) in [6.07, 6.45) is -1.19. The zero-order valence-corrected chi connectivity index (χ0v) is 18.5. The Morgan fingerprint density at radius 3 is 2.19 bits per heavy atom. The number of hydrogen-bond acceptors (Lipinski definition) is 8. The fourth-order valence-electron chi connectivity index (χ4n) is 2.57. The van der Waals surface area contributed by atoms with Crippen LogP contribution in [0.3, 0.4) is 0 Å². The van der Waals surface area contributed by atoms with Crippen LogP contribution in [0.2, 0.25) is 0 Å². The van der Waals surface area contributed by atoms with Crippen LogP contribution in [-0.4, -0.2) is 51.0 Å². The maximum Gasteiger partial charge on any atom is 0.422 e. The van der Waals surface area contributed by atoms with Crippen LogP contribution in [0.4, 0.5) is 4.79 Å². The molecule has 1 amide bonds. The zero-order valence-electron chi connectivity index (χ0n) is 17.6. The lowest BCUT2D eigenvalue weighted by atomic mass is 10.1. The maximum absolute atomic E-state index is 12.8. The number of ether oxygens (including phenoxy) is 3. The molecule has 0 spiro atoms. The van der Waals surface area contributed by atoms with E-state index in [1.807, 2.05) is 0 Å². The number of amides is 1. The van der Waals surface area contributed by atoms with E-state index < -0.39 is 34.8 Å². The van der Waals surface area contributed by atoms with Crippen LogP contribution >= 0.6 is 0 Å². The molecule has 0 saturated carbocycles. The lowest BCUT2D eigenvalue weighted by Crippen LogP contribution is -2.45. The number of carbonyl (C=O) groups excluding carboxylic acids is 3. The van der Waals surface area contributed by atoms with Crippen LogP contribution in [0.15, 0.2) is 54.6 Å². The molecular weight excluding hydrogens is 440 g/mol. The minimum atomic E-state index is -4.45. The minimum Gasteiger partial charge on any atom is -0.465 e. The molecule has 0 fully saturated rings. The van der Waals surface area contributed by atoms with Gasteiger partial charge in [-0.1, -0.05) is 42.5 Å². The molecule has 2 aromatic rings. The van der Waals surface area contributed by atoms with Crippen LogP contribution in [-0.2, 0) is 42.4 Å². The highest BCUT2D eigenvalue weighted by molar-refractivity contribution is 7.87. The van der Waals surface area contributed by atoms with Crippen molar-refractivity contribution in [3.05, 3.63) is 71.3 Å². The van der Waals surface area contributed by atoms with Crippen LogP contribution < -0.4 is 4.72 Å². The van der Waals surface area contributed by atoms with E-state index in [1.165, 1.54) is 31.4 Å². The van der Waals surface area contributed by atoms with E-state index in [4.69, 9.17) is 9.47 Å². The van der Waals surface area contributed by atoms with Crippen molar-refractivity contribution in [1.82, 2.24) is 9.03 Å². The molecule has 2 aromatic carbocycles. The zero-order chi connectivity index (χ0) is 23.6. The normalized spacial score (nSPS) is 11.0. The van der Waals surface area contributed by atoms with Crippen molar-refractivity contribution in [3.63, 3.8) is 0 Å². The van der Waals surface area contributed by atoms with E-state index in [2.05, 4.69) is 4.74 Å². The summed E-state index contributed by atoms with van der Waals surface area (Å²) in [5.41, 5.74) is 1.41. The Hall–Kier alpha value is -3.44. The van der Waals surface area contributed by atoms with Gasteiger partial charge >= 0.3 is 28.2 Å². The Kier molecular flexibility index (Phi) is 9.17. The Morgan fingerprint density at radius 1 is 0.938 bits per heavy atom. The standard InChI is InChI=1S/C21H24N2O8S/c1-3-30-19(24)14-23(13-16-9-11-18(12-10-16)20(25)29-2)32(27,28)22-21(26)31-15-17-7-5-4-6-8-17/h4-12H,3,13-15H2,1-2H3,(H,22,26). The number of esters is 2. The second kappa shape index (κ2) is 11.8. The van der Waals surface area contributed by atoms with Gasteiger partial charge in [-0.2, -0.15) is 12.7 Å². The summed E-state index contributed by atoms with van der Waals surface area (Å²) in [6.45, 7) is 0.624. The van der Waals surface area contributed by atoms with Gasteiger partial charge in [0, 0.05) is 6.54 Å². The summed E-state index contributed by atoms with van der Waals surface area (Å²) in [7, 11) is -3.21. The topological polar surface area (TPSA) is 128 Å². The van der Waals surface area contributed by atoms with Gasteiger partial charge in [0.15, 0.2) is 0 Å². The Bertz CT molecular complexity index is 1020. The number of hydrogen-bond donors (Lipinski definition) is 1. The number of benzene rings is 2. The Labute approximate surface area is 186 Å². The second-order valence-electron chi connectivity index (χ2n) is 6.43. The van der Waals surface area contributed by atoms with Gasteiger partial charge in [0.25, 0.3) is 0 Å². The van der Waals surface area contributed by atoms with Gasteiger partial charge < -0.3 is 14.2 Å². The van der Waals surface area contributed by atoms with Gasteiger partial charge in [0.05, 0.1) is 19.3 Å². The van der Waals surface area contributed by atoms with E-state index in [1.54, 1.807) is 42.0 Å². The van der Waals surface area contributed by atoms with Gasteiger partial charge in [-0.05, 0) is 30.2 Å². The SMILES string of the molecule is CCOC(=O)CN(Cc1ccc(C(=O)OC)cc1)S(=O)(=O)NC(=O)OCc1ccccc1. The smallest absolute Gasteiger partial charge is 0.422 e. The highest BCUT2D eigenvalue weighted by atomic mass is 32.2. The van der Waals surface area contributed by atoms with Gasteiger partial charge in [-0.3, -0.25) is 4.79 Å². The van der Waals surface area contributed by atoms with E-state index >= 15 is 0 Å². The molecule has 0 aliphatic heterocycles. The van der Waals surface area contributed by atoms with Crippen molar-refractivity contribution in [1.29, 1.82) is 0 Å². The van der Waals surface area contributed by atoms with Crippen LogP contribution in [0, 0.1) is 0 Å².